The highest BCUT2D eigenvalue weighted by molar-refractivity contribution is 5.91. The Morgan fingerprint density at radius 1 is 1.47 bits per heavy atom. The van der Waals surface area contributed by atoms with Crippen LogP contribution in [-0.2, 0) is 9.53 Å². The van der Waals surface area contributed by atoms with E-state index in [-0.39, 0.29) is 12.0 Å². The number of anilines is 1. The van der Waals surface area contributed by atoms with Crippen molar-refractivity contribution in [2.45, 2.75) is 39.2 Å². The van der Waals surface area contributed by atoms with Crippen LogP contribution in [0.15, 0.2) is 18.2 Å². The molecule has 1 fully saturated rings. The van der Waals surface area contributed by atoms with E-state index in [1.807, 2.05) is 32.0 Å². The van der Waals surface area contributed by atoms with Crippen LogP contribution in [0, 0.1) is 13.8 Å². The Morgan fingerprint density at radius 2 is 2.29 bits per heavy atom. The van der Waals surface area contributed by atoms with E-state index in [9.17, 15) is 4.79 Å². The van der Waals surface area contributed by atoms with Crippen LogP contribution in [0.5, 0.6) is 0 Å². The molecule has 1 saturated heterocycles. The van der Waals surface area contributed by atoms with Crippen LogP contribution >= 0.6 is 0 Å². The second-order valence-corrected chi connectivity index (χ2v) is 4.71. The van der Waals surface area contributed by atoms with Crippen molar-refractivity contribution in [2.75, 3.05) is 11.9 Å². The number of carbonyl (C=O) groups is 1. The number of hydrogen-bond donors (Lipinski definition) is 1. The largest absolute Gasteiger partial charge is 0.378 e. The maximum absolute atomic E-state index is 11.8. The van der Waals surface area contributed by atoms with Crippen molar-refractivity contribution in [1.29, 1.82) is 0 Å². The second kappa shape index (κ2) is 5.32. The zero-order valence-electron chi connectivity index (χ0n) is 10.5. The first kappa shape index (κ1) is 12.1. The van der Waals surface area contributed by atoms with E-state index >= 15 is 0 Å². The van der Waals surface area contributed by atoms with Gasteiger partial charge in [0.1, 0.15) is 0 Å². The Hall–Kier alpha value is -1.35. The Bertz CT molecular complexity index is 409. The summed E-state index contributed by atoms with van der Waals surface area (Å²) in [4.78, 5) is 11.8. The fraction of sp³-hybridized carbons (Fsp3) is 0.500. The van der Waals surface area contributed by atoms with E-state index in [4.69, 9.17) is 4.74 Å². The molecule has 0 saturated carbocycles. The highest BCUT2D eigenvalue weighted by atomic mass is 16.5. The average molecular weight is 233 g/mol. The van der Waals surface area contributed by atoms with Crippen LogP contribution in [0.3, 0.4) is 0 Å². The predicted molar refractivity (Wildman–Crippen MR) is 68.1 cm³/mol. The molecule has 0 radical (unpaired) electrons. The summed E-state index contributed by atoms with van der Waals surface area (Å²) in [5.74, 6) is 0.0469. The average Bonchev–Trinajstić information content (AvgIpc) is 2.76. The van der Waals surface area contributed by atoms with Crippen LogP contribution < -0.4 is 5.32 Å². The van der Waals surface area contributed by atoms with Gasteiger partial charge in [0.25, 0.3) is 0 Å². The van der Waals surface area contributed by atoms with E-state index in [0.29, 0.717) is 6.42 Å². The highest BCUT2D eigenvalue weighted by Gasteiger charge is 2.19. The van der Waals surface area contributed by atoms with E-state index in [0.717, 1.165) is 36.3 Å². The Morgan fingerprint density at radius 3 is 3.00 bits per heavy atom. The molecule has 3 nitrogen and oxygen atoms in total. The molecular weight excluding hydrogens is 214 g/mol. The van der Waals surface area contributed by atoms with Gasteiger partial charge in [-0.3, -0.25) is 4.79 Å². The Balaban J connectivity index is 1.95. The molecule has 0 bridgehead atoms. The van der Waals surface area contributed by atoms with Crippen molar-refractivity contribution in [3.63, 3.8) is 0 Å². The minimum absolute atomic E-state index is 0.0469. The highest BCUT2D eigenvalue weighted by Crippen LogP contribution is 2.19. The van der Waals surface area contributed by atoms with E-state index < -0.39 is 0 Å². The molecule has 0 aromatic heterocycles. The predicted octanol–water partition coefficient (Wildman–Crippen LogP) is 2.81. The van der Waals surface area contributed by atoms with Crippen LogP contribution in [0.25, 0.3) is 0 Å². The van der Waals surface area contributed by atoms with E-state index in [2.05, 4.69) is 5.32 Å². The summed E-state index contributed by atoms with van der Waals surface area (Å²) in [7, 11) is 0. The van der Waals surface area contributed by atoms with Gasteiger partial charge >= 0.3 is 0 Å². The summed E-state index contributed by atoms with van der Waals surface area (Å²) in [5.41, 5.74) is 3.16. The number of carbonyl (C=O) groups excluding carboxylic acids is 1. The lowest BCUT2D eigenvalue weighted by Gasteiger charge is -2.12. The van der Waals surface area contributed by atoms with Crippen molar-refractivity contribution in [2.24, 2.45) is 0 Å². The molecule has 2 rings (SSSR count). The monoisotopic (exact) mass is 233 g/mol. The molecule has 17 heavy (non-hydrogen) atoms. The zero-order chi connectivity index (χ0) is 12.3. The number of ether oxygens (including phenoxy) is 1. The van der Waals surface area contributed by atoms with Crippen molar-refractivity contribution in [3.05, 3.63) is 29.3 Å². The van der Waals surface area contributed by atoms with Gasteiger partial charge in [0, 0.05) is 12.3 Å². The van der Waals surface area contributed by atoms with Crippen molar-refractivity contribution in [3.8, 4) is 0 Å². The second-order valence-electron chi connectivity index (χ2n) is 4.71. The SMILES string of the molecule is Cc1ccc(C)c(NC(=O)CC2CCCO2)c1. The van der Waals surface area contributed by atoms with Crippen LogP contribution in [0.2, 0.25) is 0 Å². The molecule has 1 aliphatic rings. The minimum Gasteiger partial charge on any atom is -0.378 e. The maximum atomic E-state index is 11.8. The maximum Gasteiger partial charge on any atom is 0.226 e. The van der Waals surface area contributed by atoms with Gasteiger partial charge in [0.2, 0.25) is 5.91 Å². The summed E-state index contributed by atoms with van der Waals surface area (Å²) < 4.78 is 5.45. The van der Waals surface area contributed by atoms with E-state index in [1.165, 1.54) is 0 Å². The normalized spacial score (nSPS) is 19.3. The van der Waals surface area contributed by atoms with Gasteiger partial charge in [-0.05, 0) is 43.9 Å². The van der Waals surface area contributed by atoms with Crippen LogP contribution in [0.1, 0.15) is 30.4 Å². The smallest absolute Gasteiger partial charge is 0.226 e. The molecule has 1 aromatic rings. The molecule has 1 N–H and O–H groups in total. The molecule has 92 valence electrons. The number of aryl methyl sites for hydroxylation is 2. The Labute approximate surface area is 102 Å². The molecular formula is C14H19NO2. The van der Waals surface area contributed by atoms with Gasteiger partial charge in [0.05, 0.1) is 12.5 Å². The fourth-order valence-electron chi connectivity index (χ4n) is 2.08. The van der Waals surface area contributed by atoms with Crippen molar-refractivity contribution in [1.82, 2.24) is 0 Å². The number of nitrogens with one attached hydrogen (secondary N) is 1. The van der Waals surface area contributed by atoms with Gasteiger partial charge in [-0.1, -0.05) is 12.1 Å². The molecule has 0 spiro atoms. The number of amides is 1. The summed E-state index contributed by atoms with van der Waals surface area (Å²) in [6.45, 7) is 4.82. The van der Waals surface area contributed by atoms with Crippen molar-refractivity contribution < 1.29 is 9.53 Å². The zero-order valence-corrected chi connectivity index (χ0v) is 10.5. The molecule has 1 atom stereocenters. The Kier molecular flexibility index (Phi) is 3.79. The molecule has 1 amide bonds. The fourth-order valence-corrected chi connectivity index (χ4v) is 2.08. The number of benzene rings is 1. The van der Waals surface area contributed by atoms with Crippen LogP contribution in [0.4, 0.5) is 5.69 Å². The van der Waals surface area contributed by atoms with Gasteiger partial charge < -0.3 is 10.1 Å². The standard InChI is InChI=1S/C14H19NO2/c1-10-5-6-11(2)13(8-10)15-14(16)9-12-4-3-7-17-12/h5-6,8,12H,3-4,7,9H2,1-2H3,(H,15,16). The van der Waals surface area contributed by atoms with Crippen LogP contribution in [-0.4, -0.2) is 18.6 Å². The molecule has 1 aliphatic heterocycles. The topological polar surface area (TPSA) is 38.3 Å². The van der Waals surface area contributed by atoms with Crippen molar-refractivity contribution >= 4 is 11.6 Å². The third-order valence-corrected chi connectivity index (χ3v) is 3.10. The lowest BCUT2D eigenvalue weighted by molar-refractivity contribution is -0.118. The van der Waals surface area contributed by atoms with Gasteiger partial charge in [-0.15, -0.1) is 0 Å². The molecule has 3 heteroatoms. The van der Waals surface area contributed by atoms with E-state index in [1.54, 1.807) is 0 Å². The summed E-state index contributed by atoms with van der Waals surface area (Å²) in [6, 6.07) is 6.07. The number of rotatable bonds is 3. The molecule has 1 heterocycles. The van der Waals surface area contributed by atoms with Gasteiger partial charge in [-0.2, -0.15) is 0 Å². The third-order valence-electron chi connectivity index (χ3n) is 3.10. The first-order valence-corrected chi connectivity index (χ1v) is 6.14. The first-order valence-electron chi connectivity index (χ1n) is 6.14. The lowest BCUT2D eigenvalue weighted by Crippen LogP contribution is -2.19. The quantitative estimate of drug-likeness (QED) is 0.871. The minimum atomic E-state index is 0.0469. The first-order chi connectivity index (χ1) is 8.15. The number of hydrogen-bond acceptors (Lipinski definition) is 2. The molecule has 0 aliphatic carbocycles. The van der Waals surface area contributed by atoms with Gasteiger partial charge in [-0.25, -0.2) is 0 Å². The summed E-state index contributed by atoms with van der Waals surface area (Å²) in [6.07, 6.45) is 2.65. The molecule has 1 unspecified atom stereocenters. The lowest BCUT2D eigenvalue weighted by atomic mass is 10.1. The molecule has 1 aromatic carbocycles. The third kappa shape index (κ3) is 3.30. The summed E-state index contributed by atoms with van der Waals surface area (Å²) in [5, 5.41) is 2.96. The summed E-state index contributed by atoms with van der Waals surface area (Å²) >= 11 is 0. The van der Waals surface area contributed by atoms with Gasteiger partial charge in [0.15, 0.2) is 0 Å².